The van der Waals surface area contributed by atoms with Crippen molar-refractivity contribution in [1.29, 1.82) is 0 Å². The molecule has 0 atom stereocenters. The highest BCUT2D eigenvalue weighted by Crippen LogP contribution is 2.28. The first kappa shape index (κ1) is 13.8. The van der Waals surface area contributed by atoms with Gasteiger partial charge >= 0.3 is 6.18 Å². The molecule has 0 saturated carbocycles. The molecule has 2 aromatic rings. The fourth-order valence-corrected chi connectivity index (χ4v) is 1.37. The quantitative estimate of drug-likeness (QED) is 0.885. The molecule has 0 aliphatic heterocycles. The highest BCUT2D eigenvalue weighted by Gasteiger charge is 2.30. The number of hydrogen-bond donors (Lipinski definition) is 2. The average molecular weight is 282 g/mol. The number of rotatable bonds is 2. The molecular formula is C12H9F3N4O. The summed E-state index contributed by atoms with van der Waals surface area (Å²) in [5.74, 6) is -0.346. The van der Waals surface area contributed by atoms with Crippen LogP contribution in [0.5, 0.6) is 0 Å². The zero-order valence-electron chi connectivity index (χ0n) is 9.98. The van der Waals surface area contributed by atoms with Crippen molar-refractivity contribution in [2.45, 2.75) is 6.18 Å². The molecular weight excluding hydrogens is 273 g/mol. The number of amides is 1. The van der Waals surface area contributed by atoms with Gasteiger partial charge < -0.3 is 11.1 Å². The van der Waals surface area contributed by atoms with E-state index in [2.05, 4.69) is 15.3 Å². The minimum Gasteiger partial charge on any atom is -0.384 e. The van der Waals surface area contributed by atoms with E-state index in [0.29, 0.717) is 11.9 Å². The zero-order valence-corrected chi connectivity index (χ0v) is 9.98. The number of hydrogen-bond acceptors (Lipinski definition) is 4. The molecule has 5 nitrogen and oxygen atoms in total. The first-order chi connectivity index (χ1) is 9.36. The van der Waals surface area contributed by atoms with Crippen LogP contribution in [0.4, 0.5) is 24.7 Å². The second-order valence-corrected chi connectivity index (χ2v) is 3.86. The summed E-state index contributed by atoms with van der Waals surface area (Å²) < 4.78 is 37.0. The smallest absolute Gasteiger partial charge is 0.384 e. The van der Waals surface area contributed by atoms with Crippen LogP contribution in [0.1, 0.15) is 16.1 Å². The van der Waals surface area contributed by atoms with Crippen molar-refractivity contribution in [1.82, 2.24) is 9.97 Å². The van der Waals surface area contributed by atoms with Crippen LogP contribution in [0, 0.1) is 0 Å². The number of nitrogens with zero attached hydrogens (tertiary/aromatic N) is 2. The summed E-state index contributed by atoms with van der Waals surface area (Å²) in [6, 6.07) is 4.80. The molecule has 3 N–H and O–H groups in total. The van der Waals surface area contributed by atoms with Crippen molar-refractivity contribution in [3.63, 3.8) is 0 Å². The third-order valence-electron chi connectivity index (χ3n) is 2.37. The topological polar surface area (TPSA) is 80.9 Å². The summed E-state index contributed by atoms with van der Waals surface area (Å²) in [5, 5.41) is 2.44. The Hall–Kier alpha value is -2.64. The lowest BCUT2D eigenvalue weighted by Crippen LogP contribution is -2.15. The molecule has 0 unspecified atom stereocenters. The maximum Gasteiger partial charge on any atom is 0.417 e. The summed E-state index contributed by atoms with van der Waals surface area (Å²) in [6.07, 6.45) is -2.55. The van der Waals surface area contributed by atoms with Crippen molar-refractivity contribution >= 4 is 17.4 Å². The Morgan fingerprint density at radius 1 is 1.10 bits per heavy atom. The number of pyridine rings is 2. The van der Waals surface area contributed by atoms with Crippen LogP contribution in [-0.4, -0.2) is 15.9 Å². The average Bonchev–Trinajstić information content (AvgIpc) is 2.40. The SMILES string of the molecule is Nc1ccc(NC(=O)c2ccc(C(F)(F)F)cn2)cn1. The zero-order chi connectivity index (χ0) is 14.8. The Labute approximate surface area is 111 Å². The Morgan fingerprint density at radius 3 is 2.35 bits per heavy atom. The molecule has 0 spiro atoms. The maximum absolute atomic E-state index is 12.3. The van der Waals surface area contributed by atoms with Gasteiger partial charge in [-0.1, -0.05) is 0 Å². The maximum atomic E-state index is 12.3. The van der Waals surface area contributed by atoms with E-state index in [4.69, 9.17) is 5.73 Å². The van der Waals surface area contributed by atoms with Crippen LogP contribution in [0.2, 0.25) is 0 Å². The molecule has 0 aliphatic rings. The van der Waals surface area contributed by atoms with Gasteiger partial charge in [-0.25, -0.2) is 4.98 Å². The lowest BCUT2D eigenvalue weighted by molar-refractivity contribution is -0.137. The predicted molar refractivity (Wildman–Crippen MR) is 65.8 cm³/mol. The molecule has 1 amide bonds. The van der Waals surface area contributed by atoms with E-state index < -0.39 is 17.6 Å². The van der Waals surface area contributed by atoms with E-state index in [-0.39, 0.29) is 11.5 Å². The number of nitrogen functional groups attached to an aromatic ring is 1. The second-order valence-electron chi connectivity index (χ2n) is 3.86. The second kappa shape index (κ2) is 5.16. The van der Waals surface area contributed by atoms with E-state index in [1.54, 1.807) is 0 Å². The molecule has 104 valence electrons. The van der Waals surface area contributed by atoms with Crippen molar-refractivity contribution in [2.75, 3.05) is 11.1 Å². The molecule has 0 fully saturated rings. The predicted octanol–water partition coefficient (Wildman–Crippen LogP) is 2.33. The number of carbonyl (C=O) groups excluding carboxylic acids is 1. The molecule has 0 aromatic carbocycles. The van der Waals surface area contributed by atoms with Crippen LogP contribution in [-0.2, 0) is 6.18 Å². The number of nitrogens with one attached hydrogen (secondary N) is 1. The van der Waals surface area contributed by atoms with Gasteiger partial charge in [0.2, 0.25) is 0 Å². The van der Waals surface area contributed by atoms with Gasteiger partial charge in [0.1, 0.15) is 11.5 Å². The summed E-state index contributed by atoms with van der Waals surface area (Å²) in [6.45, 7) is 0. The molecule has 20 heavy (non-hydrogen) atoms. The van der Waals surface area contributed by atoms with E-state index >= 15 is 0 Å². The van der Waals surface area contributed by atoms with Crippen LogP contribution >= 0.6 is 0 Å². The first-order valence-electron chi connectivity index (χ1n) is 5.42. The van der Waals surface area contributed by atoms with Gasteiger partial charge in [0.05, 0.1) is 17.4 Å². The molecule has 2 aromatic heterocycles. The number of alkyl halides is 3. The van der Waals surface area contributed by atoms with Crippen molar-refractivity contribution in [3.05, 3.63) is 47.9 Å². The van der Waals surface area contributed by atoms with Gasteiger partial charge in [-0.3, -0.25) is 9.78 Å². The number of anilines is 2. The fraction of sp³-hybridized carbons (Fsp3) is 0.0833. The van der Waals surface area contributed by atoms with E-state index in [9.17, 15) is 18.0 Å². The van der Waals surface area contributed by atoms with Gasteiger partial charge in [-0.05, 0) is 24.3 Å². The minimum atomic E-state index is -4.48. The summed E-state index contributed by atoms with van der Waals surface area (Å²) >= 11 is 0. The van der Waals surface area contributed by atoms with Crippen LogP contribution < -0.4 is 11.1 Å². The van der Waals surface area contributed by atoms with Gasteiger partial charge in [0.25, 0.3) is 5.91 Å². The highest BCUT2D eigenvalue weighted by molar-refractivity contribution is 6.02. The molecule has 0 radical (unpaired) electrons. The molecule has 0 bridgehead atoms. The van der Waals surface area contributed by atoms with Crippen LogP contribution in [0.15, 0.2) is 36.7 Å². The Balaban J connectivity index is 2.11. The number of carbonyl (C=O) groups is 1. The van der Waals surface area contributed by atoms with Gasteiger partial charge in [0, 0.05) is 6.20 Å². The van der Waals surface area contributed by atoms with Gasteiger partial charge in [-0.2, -0.15) is 13.2 Å². The molecule has 0 aliphatic carbocycles. The van der Waals surface area contributed by atoms with Gasteiger partial charge in [0.15, 0.2) is 0 Å². The van der Waals surface area contributed by atoms with Crippen molar-refractivity contribution in [3.8, 4) is 0 Å². The summed E-state index contributed by atoms with van der Waals surface area (Å²) in [7, 11) is 0. The normalized spacial score (nSPS) is 11.2. The Kier molecular flexibility index (Phi) is 3.55. The van der Waals surface area contributed by atoms with Gasteiger partial charge in [-0.15, -0.1) is 0 Å². The third kappa shape index (κ3) is 3.22. The first-order valence-corrected chi connectivity index (χ1v) is 5.42. The molecule has 2 heterocycles. The fourth-order valence-electron chi connectivity index (χ4n) is 1.37. The lowest BCUT2D eigenvalue weighted by Gasteiger charge is -2.07. The Bertz CT molecular complexity index is 608. The van der Waals surface area contributed by atoms with Crippen LogP contribution in [0.25, 0.3) is 0 Å². The minimum absolute atomic E-state index is 0.130. The van der Waals surface area contributed by atoms with Crippen LogP contribution in [0.3, 0.4) is 0 Å². The largest absolute Gasteiger partial charge is 0.417 e. The molecule has 8 heteroatoms. The molecule has 0 saturated heterocycles. The highest BCUT2D eigenvalue weighted by atomic mass is 19.4. The molecule has 2 rings (SSSR count). The van der Waals surface area contributed by atoms with E-state index in [0.717, 1.165) is 12.1 Å². The monoisotopic (exact) mass is 282 g/mol. The third-order valence-corrected chi connectivity index (χ3v) is 2.37. The standard InChI is InChI=1S/C12H9F3N4O/c13-12(14,15)7-1-3-9(17-5-7)11(20)19-8-2-4-10(16)18-6-8/h1-6H,(H2,16,18)(H,19,20). The summed E-state index contributed by atoms with van der Waals surface area (Å²) in [5.41, 5.74) is 4.71. The van der Waals surface area contributed by atoms with E-state index in [1.165, 1.54) is 18.3 Å². The lowest BCUT2D eigenvalue weighted by atomic mass is 10.2. The number of aromatic nitrogens is 2. The Morgan fingerprint density at radius 2 is 1.85 bits per heavy atom. The number of halogens is 3. The summed E-state index contributed by atoms with van der Waals surface area (Å²) in [4.78, 5) is 19.0. The van der Waals surface area contributed by atoms with Crippen molar-refractivity contribution in [2.24, 2.45) is 0 Å². The van der Waals surface area contributed by atoms with E-state index in [1.807, 2.05) is 0 Å². The number of nitrogens with two attached hydrogens (primary N) is 1. The van der Waals surface area contributed by atoms with Crippen molar-refractivity contribution < 1.29 is 18.0 Å².